The van der Waals surface area contributed by atoms with Gasteiger partial charge in [-0.3, -0.25) is 9.59 Å². The number of hydrogen-bond donors (Lipinski definition) is 2. The summed E-state index contributed by atoms with van der Waals surface area (Å²) in [7, 11) is 0. The highest BCUT2D eigenvalue weighted by Crippen LogP contribution is 2.29. The predicted molar refractivity (Wildman–Crippen MR) is 102 cm³/mol. The van der Waals surface area contributed by atoms with Gasteiger partial charge in [0.2, 0.25) is 5.91 Å². The molecule has 0 unspecified atom stereocenters. The predicted octanol–water partition coefficient (Wildman–Crippen LogP) is 2.60. The molecule has 1 aliphatic heterocycles. The minimum atomic E-state index is -0.269. The van der Waals surface area contributed by atoms with Crippen molar-refractivity contribution in [3.63, 3.8) is 0 Å². The molecular formula is C19H20ClN3O3. The number of ether oxygens (including phenoxy) is 1. The normalized spacial score (nSPS) is 13.9. The van der Waals surface area contributed by atoms with E-state index in [-0.39, 0.29) is 25.0 Å². The maximum Gasteiger partial charge on any atom is 0.262 e. The van der Waals surface area contributed by atoms with E-state index in [9.17, 15) is 9.59 Å². The van der Waals surface area contributed by atoms with Gasteiger partial charge in [-0.2, -0.15) is 0 Å². The Kier molecular flexibility index (Phi) is 5.63. The fourth-order valence-corrected chi connectivity index (χ4v) is 3.04. The average Bonchev–Trinajstić information content (AvgIpc) is 2.61. The van der Waals surface area contributed by atoms with Gasteiger partial charge in [0, 0.05) is 18.8 Å². The number of hydrogen-bond acceptors (Lipinski definition) is 4. The number of halogens is 1. The van der Waals surface area contributed by atoms with Crippen LogP contribution >= 0.6 is 11.6 Å². The first kappa shape index (κ1) is 18.1. The SMILES string of the molecule is Cc1ccccc1OCC(=O)Nc1ccc(N2CCNC(=O)C2)c(Cl)c1. The number of piperazine rings is 1. The molecule has 0 aliphatic carbocycles. The van der Waals surface area contributed by atoms with Crippen molar-refractivity contribution in [1.29, 1.82) is 0 Å². The molecule has 1 fully saturated rings. The van der Waals surface area contributed by atoms with E-state index < -0.39 is 0 Å². The average molecular weight is 374 g/mol. The van der Waals surface area contributed by atoms with Gasteiger partial charge < -0.3 is 20.3 Å². The maximum absolute atomic E-state index is 12.1. The zero-order valence-electron chi connectivity index (χ0n) is 14.4. The lowest BCUT2D eigenvalue weighted by Gasteiger charge is -2.29. The highest BCUT2D eigenvalue weighted by molar-refractivity contribution is 6.33. The molecule has 136 valence electrons. The summed E-state index contributed by atoms with van der Waals surface area (Å²) in [5, 5.41) is 6.02. The van der Waals surface area contributed by atoms with Crippen LogP contribution in [0.5, 0.6) is 5.75 Å². The number of anilines is 2. The molecule has 0 radical (unpaired) electrons. The number of carbonyl (C=O) groups excluding carboxylic acids is 2. The van der Waals surface area contributed by atoms with Crippen LogP contribution < -0.4 is 20.3 Å². The lowest BCUT2D eigenvalue weighted by Crippen LogP contribution is -2.47. The molecule has 1 aliphatic rings. The zero-order chi connectivity index (χ0) is 18.5. The van der Waals surface area contributed by atoms with E-state index in [1.54, 1.807) is 18.2 Å². The number of para-hydroxylation sites is 1. The van der Waals surface area contributed by atoms with E-state index in [1.165, 1.54) is 0 Å². The van der Waals surface area contributed by atoms with Crippen LogP contribution in [0.2, 0.25) is 5.02 Å². The Morgan fingerprint density at radius 3 is 2.85 bits per heavy atom. The monoisotopic (exact) mass is 373 g/mol. The summed E-state index contributed by atoms with van der Waals surface area (Å²) < 4.78 is 5.53. The van der Waals surface area contributed by atoms with Crippen molar-refractivity contribution in [2.45, 2.75) is 6.92 Å². The summed E-state index contributed by atoms with van der Waals surface area (Å²) in [5.74, 6) is 0.381. The number of amides is 2. The molecule has 1 heterocycles. The Hall–Kier alpha value is -2.73. The molecule has 0 spiro atoms. The Morgan fingerprint density at radius 1 is 1.31 bits per heavy atom. The molecule has 2 N–H and O–H groups in total. The zero-order valence-corrected chi connectivity index (χ0v) is 15.2. The van der Waals surface area contributed by atoms with Crippen molar-refractivity contribution in [3.8, 4) is 5.75 Å². The fourth-order valence-electron chi connectivity index (χ4n) is 2.74. The highest BCUT2D eigenvalue weighted by Gasteiger charge is 2.19. The summed E-state index contributed by atoms with van der Waals surface area (Å²) in [6.07, 6.45) is 0. The van der Waals surface area contributed by atoms with Crippen LogP contribution in [0.15, 0.2) is 42.5 Å². The van der Waals surface area contributed by atoms with Gasteiger partial charge in [0.1, 0.15) is 5.75 Å². The minimum Gasteiger partial charge on any atom is -0.483 e. The van der Waals surface area contributed by atoms with E-state index in [4.69, 9.17) is 16.3 Å². The number of aryl methyl sites for hydroxylation is 1. The lowest BCUT2D eigenvalue weighted by molar-refractivity contribution is -0.120. The second kappa shape index (κ2) is 8.10. The van der Waals surface area contributed by atoms with Gasteiger partial charge >= 0.3 is 0 Å². The molecule has 0 bridgehead atoms. The van der Waals surface area contributed by atoms with Gasteiger partial charge in [0.25, 0.3) is 5.91 Å². The quantitative estimate of drug-likeness (QED) is 0.845. The third-order valence-electron chi connectivity index (χ3n) is 4.06. The Bertz CT molecular complexity index is 825. The Labute approximate surface area is 157 Å². The molecule has 2 aromatic carbocycles. The van der Waals surface area contributed by atoms with Crippen LogP contribution in [-0.2, 0) is 9.59 Å². The first-order valence-electron chi connectivity index (χ1n) is 8.32. The second-order valence-corrected chi connectivity index (χ2v) is 6.45. The van der Waals surface area contributed by atoms with E-state index >= 15 is 0 Å². The Morgan fingerprint density at radius 2 is 2.12 bits per heavy atom. The van der Waals surface area contributed by atoms with Crippen LogP contribution in [0.4, 0.5) is 11.4 Å². The fraction of sp³-hybridized carbons (Fsp3) is 0.263. The molecule has 0 saturated carbocycles. The van der Waals surface area contributed by atoms with Gasteiger partial charge in [-0.25, -0.2) is 0 Å². The molecule has 1 saturated heterocycles. The van der Waals surface area contributed by atoms with Crippen LogP contribution in [0.1, 0.15) is 5.56 Å². The van der Waals surface area contributed by atoms with E-state index in [2.05, 4.69) is 10.6 Å². The van der Waals surface area contributed by atoms with Crippen molar-refractivity contribution in [2.75, 3.05) is 36.5 Å². The van der Waals surface area contributed by atoms with Crippen molar-refractivity contribution in [2.24, 2.45) is 0 Å². The molecular weight excluding hydrogens is 354 g/mol. The molecule has 26 heavy (non-hydrogen) atoms. The van der Waals surface area contributed by atoms with Gasteiger partial charge in [0.15, 0.2) is 6.61 Å². The summed E-state index contributed by atoms with van der Waals surface area (Å²) >= 11 is 6.33. The molecule has 3 rings (SSSR count). The number of carbonyl (C=O) groups is 2. The molecule has 2 aromatic rings. The molecule has 2 amide bonds. The van der Waals surface area contributed by atoms with Crippen molar-refractivity contribution in [1.82, 2.24) is 5.32 Å². The van der Waals surface area contributed by atoms with Crippen molar-refractivity contribution < 1.29 is 14.3 Å². The van der Waals surface area contributed by atoms with E-state index in [1.807, 2.05) is 36.1 Å². The third-order valence-corrected chi connectivity index (χ3v) is 4.37. The van der Waals surface area contributed by atoms with Gasteiger partial charge in [-0.05, 0) is 36.8 Å². The largest absolute Gasteiger partial charge is 0.483 e. The highest BCUT2D eigenvalue weighted by atomic mass is 35.5. The lowest BCUT2D eigenvalue weighted by atomic mass is 10.2. The van der Waals surface area contributed by atoms with E-state index in [0.717, 1.165) is 11.3 Å². The molecule has 0 atom stereocenters. The summed E-state index contributed by atoms with van der Waals surface area (Å²) in [5.41, 5.74) is 2.33. The molecule has 0 aromatic heterocycles. The number of nitrogens with one attached hydrogen (secondary N) is 2. The van der Waals surface area contributed by atoms with Crippen LogP contribution in [0.25, 0.3) is 0 Å². The molecule has 7 heteroatoms. The number of benzene rings is 2. The summed E-state index contributed by atoms with van der Waals surface area (Å²) in [4.78, 5) is 25.5. The summed E-state index contributed by atoms with van der Waals surface area (Å²) in [6, 6.07) is 12.8. The van der Waals surface area contributed by atoms with Crippen LogP contribution in [-0.4, -0.2) is 38.1 Å². The van der Waals surface area contributed by atoms with Crippen LogP contribution in [0, 0.1) is 6.92 Å². The summed E-state index contributed by atoms with van der Waals surface area (Å²) in [6.45, 7) is 3.39. The first-order valence-corrected chi connectivity index (χ1v) is 8.70. The van der Waals surface area contributed by atoms with Crippen LogP contribution in [0.3, 0.4) is 0 Å². The number of nitrogens with zero attached hydrogens (tertiary/aromatic N) is 1. The van der Waals surface area contributed by atoms with Gasteiger partial charge in [-0.1, -0.05) is 29.8 Å². The van der Waals surface area contributed by atoms with Crippen molar-refractivity contribution in [3.05, 3.63) is 53.1 Å². The minimum absolute atomic E-state index is 0.0296. The number of rotatable bonds is 5. The van der Waals surface area contributed by atoms with E-state index in [0.29, 0.717) is 29.5 Å². The standard InChI is InChI=1S/C19H20ClN3O3/c1-13-4-2-3-5-17(13)26-12-19(25)22-14-6-7-16(15(20)10-14)23-9-8-21-18(24)11-23/h2-7,10H,8-9,11-12H2,1H3,(H,21,24)(H,22,25). The van der Waals surface area contributed by atoms with Crippen molar-refractivity contribution >= 4 is 34.8 Å². The topological polar surface area (TPSA) is 70.7 Å². The maximum atomic E-state index is 12.1. The first-order chi connectivity index (χ1) is 12.5. The smallest absolute Gasteiger partial charge is 0.262 e. The Balaban J connectivity index is 1.59. The third kappa shape index (κ3) is 4.46. The molecule has 6 nitrogen and oxygen atoms in total. The second-order valence-electron chi connectivity index (χ2n) is 6.04. The van der Waals surface area contributed by atoms with Gasteiger partial charge in [-0.15, -0.1) is 0 Å². The van der Waals surface area contributed by atoms with Gasteiger partial charge in [0.05, 0.1) is 17.3 Å².